The van der Waals surface area contributed by atoms with Crippen LogP contribution in [0.4, 0.5) is 0 Å². The molecule has 24 heavy (non-hydrogen) atoms. The maximum absolute atomic E-state index is 12.9. The predicted molar refractivity (Wildman–Crippen MR) is 98.7 cm³/mol. The Morgan fingerprint density at radius 3 is 2.29 bits per heavy atom. The van der Waals surface area contributed by atoms with E-state index in [2.05, 4.69) is 6.92 Å². The molecule has 0 N–H and O–H groups in total. The first-order chi connectivity index (χ1) is 11.0. The minimum Gasteiger partial charge on any atom is -0.459 e. The van der Waals surface area contributed by atoms with Gasteiger partial charge in [0.1, 0.15) is 12.1 Å². The SMILES string of the molecule is CCc1cc(C(=O)N(CCN(C)C)CC(=O)OC(C)(C)C)sc1C. The molecule has 0 unspecified atom stereocenters. The van der Waals surface area contributed by atoms with Crippen LogP contribution < -0.4 is 0 Å². The number of esters is 1. The normalized spacial score (nSPS) is 11.7. The van der Waals surface area contributed by atoms with Gasteiger partial charge in [0.25, 0.3) is 5.91 Å². The summed E-state index contributed by atoms with van der Waals surface area (Å²) < 4.78 is 5.37. The van der Waals surface area contributed by atoms with E-state index in [9.17, 15) is 9.59 Å². The molecule has 1 aromatic heterocycles. The van der Waals surface area contributed by atoms with E-state index in [4.69, 9.17) is 4.74 Å². The fourth-order valence-electron chi connectivity index (χ4n) is 2.23. The molecule has 5 nitrogen and oxygen atoms in total. The van der Waals surface area contributed by atoms with Crippen LogP contribution in [0.3, 0.4) is 0 Å². The zero-order valence-electron chi connectivity index (χ0n) is 15.9. The molecule has 136 valence electrons. The number of rotatable bonds is 7. The van der Waals surface area contributed by atoms with Gasteiger partial charge >= 0.3 is 5.97 Å². The Kier molecular flexibility index (Phi) is 7.42. The van der Waals surface area contributed by atoms with Crippen LogP contribution >= 0.6 is 11.3 Å². The molecule has 1 rings (SSSR count). The molecule has 0 aliphatic rings. The highest BCUT2D eigenvalue weighted by atomic mass is 32.1. The Hall–Kier alpha value is -1.40. The summed E-state index contributed by atoms with van der Waals surface area (Å²) in [7, 11) is 3.89. The zero-order valence-corrected chi connectivity index (χ0v) is 16.7. The fraction of sp³-hybridized carbons (Fsp3) is 0.667. The average Bonchev–Trinajstić information content (AvgIpc) is 2.81. The van der Waals surface area contributed by atoms with Gasteiger partial charge in [0.05, 0.1) is 4.88 Å². The van der Waals surface area contributed by atoms with Gasteiger partial charge in [0, 0.05) is 18.0 Å². The standard InChI is InChI=1S/C18H30N2O3S/c1-8-14-11-15(24-13(14)2)17(22)20(10-9-19(6)7)12-16(21)23-18(3,4)5/h11H,8-10,12H2,1-7H3. The molecule has 0 aromatic carbocycles. The molecule has 0 aliphatic heterocycles. The third-order valence-electron chi connectivity index (χ3n) is 3.46. The smallest absolute Gasteiger partial charge is 0.326 e. The van der Waals surface area contributed by atoms with Crippen LogP contribution in [0.5, 0.6) is 0 Å². The lowest BCUT2D eigenvalue weighted by molar-refractivity contribution is -0.155. The average molecular weight is 355 g/mol. The Labute approximate surface area is 149 Å². The second-order valence-corrected chi connectivity index (χ2v) is 8.42. The van der Waals surface area contributed by atoms with Gasteiger partial charge in [-0.2, -0.15) is 0 Å². The molecule has 1 amide bonds. The minimum atomic E-state index is -0.553. The van der Waals surface area contributed by atoms with E-state index in [1.54, 1.807) is 4.90 Å². The van der Waals surface area contributed by atoms with Crippen LogP contribution in [-0.4, -0.2) is 61.0 Å². The van der Waals surface area contributed by atoms with E-state index in [0.717, 1.165) is 11.3 Å². The van der Waals surface area contributed by atoms with Gasteiger partial charge in [-0.1, -0.05) is 6.92 Å². The minimum absolute atomic E-state index is 0.0254. The van der Waals surface area contributed by atoms with Gasteiger partial charge in [-0.15, -0.1) is 11.3 Å². The summed E-state index contributed by atoms with van der Waals surface area (Å²) in [5, 5.41) is 0. The third kappa shape index (κ3) is 6.61. The number of aryl methyl sites for hydroxylation is 2. The van der Waals surface area contributed by atoms with Crippen molar-refractivity contribution in [2.45, 2.75) is 46.6 Å². The number of amides is 1. The van der Waals surface area contributed by atoms with Crippen molar-refractivity contribution in [2.24, 2.45) is 0 Å². The number of carbonyl (C=O) groups is 2. The number of ether oxygens (including phenoxy) is 1. The molecule has 0 saturated carbocycles. The van der Waals surface area contributed by atoms with Gasteiger partial charge in [-0.25, -0.2) is 0 Å². The van der Waals surface area contributed by atoms with Crippen LogP contribution in [0.2, 0.25) is 0 Å². The highest BCUT2D eigenvalue weighted by Gasteiger charge is 2.24. The highest BCUT2D eigenvalue weighted by Crippen LogP contribution is 2.23. The summed E-state index contributed by atoms with van der Waals surface area (Å²) in [6.07, 6.45) is 0.902. The second-order valence-electron chi connectivity index (χ2n) is 7.16. The molecule has 0 radical (unpaired) electrons. The van der Waals surface area contributed by atoms with E-state index in [1.165, 1.54) is 16.9 Å². The maximum atomic E-state index is 12.9. The molecule has 6 heteroatoms. The number of hydrogen-bond acceptors (Lipinski definition) is 5. The number of likely N-dealkylation sites (N-methyl/N-ethyl adjacent to an activating group) is 1. The first-order valence-corrected chi connectivity index (χ1v) is 9.10. The van der Waals surface area contributed by atoms with Crippen molar-refractivity contribution in [1.29, 1.82) is 0 Å². The molecule has 0 spiro atoms. The lowest BCUT2D eigenvalue weighted by Crippen LogP contribution is -2.41. The Bertz CT molecular complexity index is 573. The number of hydrogen-bond donors (Lipinski definition) is 0. The second kappa shape index (κ2) is 8.62. The lowest BCUT2D eigenvalue weighted by atomic mass is 10.2. The molecule has 0 saturated heterocycles. The first kappa shape index (κ1) is 20.6. The van der Waals surface area contributed by atoms with Gasteiger partial charge < -0.3 is 14.5 Å². The topological polar surface area (TPSA) is 49.9 Å². The summed E-state index contributed by atoms with van der Waals surface area (Å²) in [6, 6.07) is 1.94. The number of nitrogens with zero attached hydrogens (tertiary/aromatic N) is 2. The zero-order chi connectivity index (χ0) is 18.5. The van der Waals surface area contributed by atoms with E-state index < -0.39 is 5.60 Å². The van der Waals surface area contributed by atoms with Gasteiger partial charge in [-0.3, -0.25) is 9.59 Å². The van der Waals surface area contributed by atoms with Gasteiger partial charge in [-0.05, 0) is 59.8 Å². The van der Waals surface area contributed by atoms with Crippen LogP contribution in [0.25, 0.3) is 0 Å². The summed E-state index contributed by atoms with van der Waals surface area (Å²) in [4.78, 5) is 30.4. The van der Waals surface area contributed by atoms with Crippen LogP contribution in [-0.2, 0) is 16.0 Å². The quantitative estimate of drug-likeness (QED) is 0.707. The molecule has 0 fully saturated rings. The van der Waals surface area contributed by atoms with Crippen molar-refractivity contribution in [3.05, 3.63) is 21.4 Å². The Balaban J connectivity index is 2.90. The third-order valence-corrected chi connectivity index (χ3v) is 4.54. The number of carbonyl (C=O) groups excluding carboxylic acids is 2. The predicted octanol–water partition coefficient (Wildman–Crippen LogP) is 2.96. The van der Waals surface area contributed by atoms with E-state index in [-0.39, 0.29) is 18.4 Å². The van der Waals surface area contributed by atoms with Crippen molar-refractivity contribution >= 4 is 23.2 Å². The van der Waals surface area contributed by atoms with E-state index in [0.29, 0.717) is 18.0 Å². The molecular formula is C18H30N2O3S. The van der Waals surface area contributed by atoms with Crippen LogP contribution in [0, 0.1) is 6.92 Å². The molecule has 0 atom stereocenters. The van der Waals surface area contributed by atoms with E-state index in [1.807, 2.05) is 52.8 Å². The largest absolute Gasteiger partial charge is 0.459 e. The maximum Gasteiger partial charge on any atom is 0.326 e. The van der Waals surface area contributed by atoms with Crippen LogP contribution in [0.1, 0.15) is 47.8 Å². The number of thiophene rings is 1. The van der Waals surface area contributed by atoms with Crippen LogP contribution in [0.15, 0.2) is 6.07 Å². The Morgan fingerprint density at radius 2 is 1.83 bits per heavy atom. The summed E-state index contributed by atoms with van der Waals surface area (Å²) in [5.74, 6) is -0.478. The van der Waals surface area contributed by atoms with Crippen molar-refractivity contribution in [2.75, 3.05) is 33.7 Å². The molecule has 0 bridgehead atoms. The summed E-state index contributed by atoms with van der Waals surface area (Å²) >= 11 is 1.49. The van der Waals surface area contributed by atoms with Crippen molar-refractivity contribution in [1.82, 2.24) is 9.80 Å². The van der Waals surface area contributed by atoms with Gasteiger partial charge in [0.2, 0.25) is 0 Å². The summed E-state index contributed by atoms with van der Waals surface area (Å²) in [6.45, 7) is 10.7. The Morgan fingerprint density at radius 1 is 1.21 bits per heavy atom. The van der Waals surface area contributed by atoms with Crippen molar-refractivity contribution in [3.8, 4) is 0 Å². The van der Waals surface area contributed by atoms with E-state index >= 15 is 0 Å². The molecule has 1 heterocycles. The molecule has 1 aromatic rings. The van der Waals surface area contributed by atoms with Gasteiger partial charge in [0.15, 0.2) is 0 Å². The highest BCUT2D eigenvalue weighted by molar-refractivity contribution is 7.14. The molecular weight excluding hydrogens is 324 g/mol. The first-order valence-electron chi connectivity index (χ1n) is 8.28. The fourth-order valence-corrected chi connectivity index (χ4v) is 3.32. The monoisotopic (exact) mass is 354 g/mol. The van der Waals surface area contributed by atoms with Crippen molar-refractivity contribution in [3.63, 3.8) is 0 Å². The molecule has 0 aliphatic carbocycles. The summed E-state index contributed by atoms with van der Waals surface area (Å²) in [5.41, 5.74) is 0.635. The lowest BCUT2D eigenvalue weighted by Gasteiger charge is -2.26. The van der Waals surface area contributed by atoms with Crippen molar-refractivity contribution < 1.29 is 14.3 Å².